The van der Waals surface area contributed by atoms with Gasteiger partial charge in [0.05, 0.1) is 26.4 Å². The van der Waals surface area contributed by atoms with Crippen LogP contribution < -0.4 is 0 Å². The van der Waals surface area contributed by atoms with Crippen LogP contribution in [0, 0.1) is 17.8 Å². The van der Waals surface area contributed by atoms with Gasteiger partial charge in [0.15, 0.2) is 12.2 Å². The molecule has 0 aliphatic rings. The summed E-state index contributed by atoms with van der Waals surface area (Å²) in [5.41, 5.74) is 0. The van der Waals surface area contributed by atoms with E-state index < -0.39 is 97.5 Å². The second kappa shape index (κ2) is 55.4. The van der Waals surface area contributed by atoms with Crippen molar-refractivity contribution in [2.75, 3.05) is 39.6 Å². The SMILES string of the molecule is CCCCCCCCCCCC(=O)OC[C@H](COP(=O)(O)OC[C@H](O)COP(=O)(O)OC[C@@H](COC(=O)CCCCCCCCCCC(C)CC)OC(=O)CCCCCCCCCCCC(C)C)OC(=O)CCCCCCCCC(C)CC. The summed E-state index contributed by atoms with van der Waals surface area (Å²) in [5.74, 6) is 0.0949. The topological polar surface area (TPSA) is 237 Å². The van der Waals surface area contributed by atoms with Crippen molar-refractivity contribution in [2.45, 2.75) is 330 Å². The van der Waals surface area contributed by atoms with E-state index in [-0.39, 0.29) is 25.7 Å². The van der Waals surface area contributed by atoms with Crippen molar-refractivity contribution in [3.05, 3.63) is 0 Å². The first-order valence-electron chi connectivity index (χ1n) is 33.4. The Morgan fingerprint density at radius 3 is 0.916 bits per heavy atom. The van der Waals surface area contributed by atoms with E-state index in [4.69, 9.17) is 37.0 Å². The summed E-state index contributed by atoms with van der Waals surface area (Å²) < 4.78 is 68.0. The minimum Gasteiger partial charge on any atom is -0.462 e. The zero-order valence-corrected chi connectivity index (χ0v) is 55.4. The summed E-state index contributed by atoms with van der Waals surface area (Å²) in [5, 5.41) is 10.5. The van der Waals surface area contributed by atoms with Gasteiger partial charge < -0.3 is 33.8 Å². The van der Waals surface area contributed by atoms with Crippen LogP contribution in [0.2, 0.25) is 0 Å². The van der Waals surface area contributed by atoms with Crippen molar-refractivity contribution in [3.63, 3.8) is 0 Å². The Bertz CT molecular complexity index is 1650. The number of carbonyl (C=O) groups is 4. The van der Waals surface area contributed by atoms with Crippen molar-refractivity contribution in [1.29, 1.82) is 0 Å². The quantitative estimate of drug-likeness (QED) is 0.0222. The molecular formula is C64H124O17P2. The van der Waals surface area contributed by atoms with Gasteiger partial charge in [-0.3, -0.25) is 37.3 Å². The molecule has 0 fully saturated rings. The van der Waals surface area contributed by atoms with Gasteiger partial charge in [-0.05, 0) is 43.4 Å². The van der Waals surface area contributed by atoms with E-state index in [1.54, 1.807) is 0 Å². The van der Waals surface area contributed by atoms with Gasteiger partial charge in [-0.15, -0.1) is 0 Å². The Labute approximate surface area is 505 Å². The van der Waals surface area contributed by atoms with E-state index in [0.29, 0.717) is 25.7 Å². The smallest absolute Gasteiger partial charge is 0.462 e. The average Bonchev–Trinajstić information content (AvgIpc) is 3.45. The number of ether oxygens (including phenoxy) is 4. The first-order valence-corrected chi connectivity index (χ1v) is 36.4. The molecule has 492 valence electrons. The number of phosphoric acid groups is 2. The Balaban J connectivity index is 5.26. The third-order valence-electron chi connectivity index (χ3n) is 15.4. The number of hydrogen-bond acceptors (Lipinski definition) is 15. The largest absolute Gasteiger partial charge is 0.472 e. The summed E-state index contributed by atoms with van der Waals surface area (Å²) in [6, 6.07) is 0. The van der Waals surface area contributed by atoms with Crippen LogP contribution in [0.25, 0.3) is 0 Å². The molecule has 3 N–H and O–H groups in total. The van der Waals surface area contributed by atoms with E-state index in [2.05, 4.69) is 48.5 Å². The van der Waals surface area contributed by atoms with E-state index in [9.17, 15) is 43.2 Å². The summed E-state index contributed by atoms with van der Waals surface area (Å²) in [7, 11) is -9.89. The molecule has 0 aliphatic carbocycles. The van der Waals surface area contributed by atoms with Gasteiger partial charge in [-0.2, -0.15) is 0 Å². The molecule has 0 amide bonds. The van der Waals surface area contributed by atoms with Crippen LogP contribution in [0.5, 0.6) is 0 Å². The maximum atomic E-state index is 13.0. The lowest BCUT2D eigenvalue weighted by Crippen LogP contribution is -2.30. The fraction of sp³-hybridized carbons (Fsp3) is 0.938. The van der Waals surface area contributed by atoms with Gasteiger partial charge in [-0.25, -0.2) is 9.13 Å². The van der Waals surface area contributed by atoms with Gasteiger partial charge >= 0.3 is 39.5 Å². The molecule has 0 rings (SSSR count). The molecule has 0 radical (unpaired) electrons. The fourth-order valence-corrected chi connectivity index (χ4v) is 11.0. The van der Waals surface area contributed by atoms with E-state index >= 15 is 0 Å². The molecule has 7 atom stereocenters. The summed E-state index contributed by atoms with van der Waals surface area (Å²) >= 11 is 0. The second-order valence-corrected chi connectivity index (χ2v) is 27.0. The Hall–Kier alpha value is -1.94. The van der Waals surface area contributed by atoms with Crippen molar-refractivity contribution in [2.24, 2.45) is 17.8 Å². The lowest BCUT2D eigenvalue weighted by molar-refractivity contribution is -0.161. The zero-order valence-electron chi connectivity index (χ0n) is 53.6. The maximum Gasteiger partial charge on any atom is 0.472 e. The number of rotatable bonds is 62. The number of carbonyl (C=O) groups excluding carboxylic acids is 4. The summed E-state index contributed by atoms with van der Waals surface area (Å²) in [6.07, 6.45) is 36.2. The molecule has 0 aliphatic heterocycles. The zero-order chi connectivity index (χ0) is 61.7. The number of aliphatic hydroxyl groups excluding tert-OH is 1. The molecule has 83 heavy (non-hydrogen) atoms. The van der Waals surface area contributed by atoms with Crippen LogP contribution >= 0.6 is 15.6 Å². The number of phosphoric ester groups is 2. The lowest BCUT2D eigenvalue weighted by atomic mass is 9.99. The van der Waals surface area contributed by atoms with Gasteiger partial charge in [0.25, 0.3) is 0 Å². The van der Waals surface area contributed by atoms with Gasteiger partial charge in [0.2, 0.25) is 0 Å². The van der Waals surface area contributed by atoms with Crippen LogP contribution in [0.15, 0.2) is 0 Å². The Kier molecular flexibility index (Phi) is 54.1. The maximum absolute atomic E-state index is 13.0. The van der Waals surface area contributed by atoms with Crippen molar-refractivity contribution >= 4 is 39.5 Å². The third-order valence-corrected chi connectivity index (χ3v) is 17.3. The molecule has 0 saturated heterocycles. The normalized spacial score (nSPS) is 15.0. The molecule has 0 saturated carbocycles. The van der Waals surface area contributed by atoms with Crippen LogP contribution in [0.1, 0.15) is 312 Å². The van der Waals surface area contributed by atoms with E-state index in [1.165, 1.54) is 122 Å². The molecule has 0 aromatic rings. The van der Waals surface area contributed by atoms with Crippen LogP contribution in [0.4, 0.5) is 0 Å². The van der Waals surface area contributed by atoms with Crippen molar-refractivity contribution < 1.29 is 80.2 Å². The van der Waals surface area contributed by atoms with Gasteiger partial charge in [-0.1, -0.05) is 260 Å². The van der Waals surface area contributed by atoms with E-state index in [1.807, 2.05) is 0 Å². The molecule has 0 heterocycles. The van der Waals surface area contributed by atoms with Crippen LogP contribution in [0.3, 0.4) is 0 Å². The average molecular weight is 1230 g/mol. The van der Waals surface area contributed by atoms with Crippen molar-refractivity contribution in [3.8, 4) is 0 Å². The molecule has 0 spiro atoms. The standard InChI is InChI=1S/C64H124O17P2/c1-8-11-12-13-14-16-23-31-38-45-61(66)74-52-60(81-64(69)48-41-34-27-26-30-37-44-57(7)10-3)54-79-83(72,73)77-50-58(65)49-76-82(70,71)78-53-59(80-63(68)47-40-33-25-18-15-17-21-28-35-42-55(4)5)51-75-62(67)46-39-32-24-20-19-22-29-36-43-56(6)9-2/h55-60,65H,8-54H2,1-7H3,(H,70,71)(H,72,73)/t56?,57?,58-,59-,60-/m1/s1. The van der Waals surface area contributed by atoms with Crippen LogP contribution in [-0.4, -0.2) is 96.7 Å². The molecule has 0 bridgehead atoms. The first kappa shape index (κ1) is 81.1. The first-order chi connectivity index (χ1) is 39.8. The minimum absolute atomic E-state index is 0.102. The predicted molar refractivity (Wildman–Crippen MR) is 331 cm³/mol. The Morgan fingerprint density at radius 2 is 0.614 bits per heavy atom. The number of esters is 4. The molecular weight excluding hydrogens is 1100 g/mol. The van der Waals surface area contributed by atoms with Gasteiger partial charge in [0.1, 0.15) is 19.3 Å². The monoisotopic (exact) mass is 1230 g/mol. The van der Waals surface area contributed by atoms with Crippen LogP contribution in [-0.2, 0) is 65.4 Å². The number of unbranched alkanes of at least 4 members (excludes halogenated alkanes) is 28. The highest BCUT2D eigenvalue weighted by molar-refractivity contribution is 7.47. The third kappa shape index (κ3) is 56.3. The number of hydrogen-bond donors (Lipinski definition) is 3. The molecule has 19 heteroatoms. The molecule has 4 unspecified atom stereocenters. The molecule has 0 aromatic heterocycles. The van der Waals surface area contributed by atoms with E-state index in [0.717, 1.165) is 108 Å². The highest BCUT2D eigenvalue weighted by atomic mass is 31.2. The minimum atomic E-state index is -4.95. The summed E-state index contributed by atoms with van der Waals surface area (Å²) in [6.45, 7) is 11.7. The van der Waals surface area contributed by atoms with Gasteiger partial charge in [0, 0.05) is 25.7 Å². The number of aliphatic hydroxyl groups is 1. The summed E-state index contributed by atoms with van der Waals surface area (Å²) in [4.78, 5) is 72.2. The molecule has 0 aromatic carbocycles. The lowest BCUT2D eigenvalue weighted by Gasteiger charge is -2.21. The predicted octanol–water partition coefficient (Wildman–Crippen LogP) is 17.5. The van der Waals surface area contributed by atoms with Crippen molar-refractivity contribution in [1.82, 2.24) is 0 Å². The highest BCUT2D eigenvalue weighted by Gasteiger charge is 2.30. The fourth-order valence-electron chi connectivity index (χ4n) is 9.42. The highest BCUT2D eigenvalue weighted by Crippen LogP contribution is 2.45. The Morgan fingerprint density at radius 1 is 0.349 bits per heavy atom. The molecule has 17 nitrogen and oxygen atoms in total. The second-order valence-electron chi connectivity index (χ2n) is 24.1.